The molecule has 0 saturated heterocycles. The van der Waals surface area contributed by atoms with Crippen molar-refractivity contribution in [1.82, 2.24) is 15.5 Å². The van der Waals surface area contributed by atoms with Crippen LogP contribution in [0.4, 0.5) is 0 Å². The molecule has 1 N–H and O–H groups in total. The van der Waals surface area contributed by atoms with E-state index in [0.29, 0.717) is 24.0 Å². The van der Waals surface area contributed by atoms with Gasteiger partial charge in [0.1, 0.15) is 5.75 Å². The molecule has 0 aliphatic rings. The summed E-state index contributed by atoms with van der Waals surface area (Å²) in [6.07, 6.45) is 0.852. The van der Waals surface area contributed by atoms with Crippen molar-refractivity contribution < 1.29 is 14.1 Å². The maximum Gasteiger partial charge on any atom is 0.308 e. The quantitative estimate of drug-likeness (QED) is 0.651. The van der Waals surface area contributed by atoms with Crippen molar-refractivity contribution in [3.63, 3.8) is 0 Å². The van der Waals surface area contributed by atoms with Crippen LogP contribution in [0.25, 0.3) is 0 Å². The lowest BCUT2D eigenvalue weighted by Crippen LogP contribution is -2.21. The van der Waals surface area contributed by atoms with Gasteiger partial charge in [0, 0.05) is 13.5 Å². The summed E-state index contributed by atoms with van der Waals surface area (Å²) in [5, 5.41) is 7.26. The van der Waals surface area contributed by atoms with Crippen LogP contribution < -0.4 is 10.1 Å². The Morgan fingerprint density at radius 1 is 1.30 bits per heavy atom. The zero-order valence-electron chi connectivity index (χ0n) is 14.3. The molecule has 0 unspecified atom stereocenters. The number of rotatable bonds is 6. The molecule has 2 aromatic rings. The third-order valence-electron chi connectivity index (χ3n) is 3.57. The molecular weight excluding hydrogens is 294 g/mol. The number of carbonyl (C=O) groups excluding carboxylic acids is 1. The van der Waals surface area contributed by atoms with Crippen LogP contribution in [0.5, 0.6) is 5.75 Å². The molecule has 6 nitrogen and oxygen atoms in total. The SMILES string of the molecule is CC[C@H](NCc1cc(C)c(OC(C)=O)c(C)c1)c1nc(C)no1. The van der Waals surface area contributed by atoms with E-state index in [0.717, 1.165) is 23.1 Å². The first-order chi connectivity index (χ1) is 10.9. The number of carbonyl (C=O) groups is 1. The molecule has 2 rings (SSSR count). The molecule has 1 aromatic carbocycles. The average molecular weight is 317 g/mol. The maximum absolute atomic E-state index is 11.2. The Hall–Kier alpha value is -2.21. The normalized spacial score (nSPS) is 12.2. The van der Waals surface area contributed by atoms with Gasteiger partial charge in [-0.2, -0.15) is 4.98 Å². The van der Waals surface area contributed by atoms with E-state index in [1.54, 1.807) is 6.92 Å². The number of ether oxygens (including phenoxy) is 1. The molecule has 0 saturated carbocycles. The molecule has 1 atom stereocenters. The molecule has 23 heavy (non-hydrogen) atoms. The average Bonchev–Trinajstić information content (AvgIpc) is 2.90. The van der Waals surface area contributed by atoms with Gasteiger partial charge in [-0.15, -0.1) is 0 Å². The minimum atomic E-state index is -0.306. The standard InChI is InChI=1S/C17H23N3O3/c1-6-15(17-19-12(4)20-23-17)18-9-14-7-10(2)16(11(3)8-14)22-13(5)21/h7-8,15,18H,6,9H2,1-5H3/t15-/m0/s1. The number of hydrogen-bond acceptors (Lipinski definition) is 6. The van der Waals surface area contributed by atoms with Gasteiger partial charge in [-0.05, 0) is 43.9 Å². The smallest absolute Gasteiger partial charge is 0.308 e. The van der Waals surface area contributed by atoms with Crippen molar-refractivity contribution in [2.24, 2.45) is 0 Å². The molecule has 124 valence electrons. The molecule has 0 fully saturated rings. The van der Waals surface area contributed by atoms with Gasteiger partial charge in [0.2, 0.25) is 5.89 Å². The maximum atomic E-state index is 11.2. The van der Waals surface area contributed by atoms with E-state index in [4.69, 9.17) is 9.26 Å². The van der Waals surface area contributed by atoms with Gasteiger partial charge in [-0.3, -0.25) is 4.79 Å². The fourth-order valence-electron chi connectivity index (χ4n) is 2.55. The summed E-state index contributed by atoms with van der Waals surface area (Å²) in [6.45, 7) is 9.83. The van der Waals surface area contributed by atoms with Crippen molar-refractivity contribution in [2.75, 3.05) is 0 Å². The number of aryl methyl sites for hydroxylation is 3. The Labute approximate surface area is 136 Å². The van der Waals surface area contributed by atoms with Gasteiger partial charge < -0.3 is 14.6 Å². The van der Waals surface area contributed by atoms with Crippen molar-refractivity contribution in [1.29, 1.82) is 0 Å². The minimum absolute atomic E-state index is 0.0185. The lowest BCUT2D eigenvalue weighted by molar-refractivity contribution is -0.131. The second kappa shape index (κ2) is 7.37. The molecule has 0 spiro atoms. The second-order valence-electron chi connectivity index (χ2n) is 5.67. The third kappa shape index (κ3) is 4.39. The van der Waals surface area contributed by atoms with Crippen LogP contribution in [0, 0.1) is 20.8 Å². The van der Waals surface area contributed by atoms with Crippen LogP contribution in [-0.4, -0.2) is 16.1 Å². The Morgan fingerprint density at radius 3 is 2.43 bits per heavy atom. The fourth-order valence-corrected chi connectivity index (χ4v) is 2.55. The molecule has 6 heteroatoms. The van der Waals surface area contributed by atoms with Crippen LogP contribution in [0.3, 0.4) is 0 Å². The Kier molecular flexibility index (Phi) is 5.50. The van der Waals surface area contributed by atoms with E-state index in [2.05, 4.69) is 22.4 Å². The van der Waals surface area contributed by atoms with Crippen LogP contribution in [0.1, 0.15) is 54.7 Å². The first-order valence-corrected chi connectivity index (χ1v) is 7.72. The van der Waals surface area contributed by atoms with Crippen molar-refractivity contribution in [2.45, 2.75) is 53.6 Å². The first kappa shape index (κ1) is 17.1. The highest BCUT2D eigenvalue weighted by Crippen LogP contribution is 2.25. The highest BCUT2D eigenvalue weighted by Gasteiger charge is 2.16. The monoisotopic (exact) mass is 317 g/mol. The highest BCUT2D eigenvalue weighted by molar-refractivity contribution is 5.70. The molecule has 1 aromatic heterocycles. The minimum Gasteiger partial charge on any atom is -0.426 e. The van der Waals surface area contributed by atoms with E-state index >= 15 is 0 Å². The number of esters is 1. The zero-order chi connectivity index (χ0) is 17.0. The summed E-state index contributed by atoms with van der Waals surface area (Å²) in [7, 11) is 0. The van der Waals surface area contributed by atoms with Crippen LogP contribution in [0.2, 0.25) is 0 Å². The van der Waals surface area contributed by atoms with E-state index in [9.17, 15) is 4.79 Å². The molecule has 1 heterocycles. The summed E-state index contributed by atoms with van der Waals surface area (Å²) in [4.78, 5) is 15.4. The van der Waals surface area contributed by atoms with Crippen LogP contribution in [-0.2, 0) is 11.3 Å². The van der Waals surface area contributed by atoms with E-state index in [-0.39, 0.29) is 12.0 Å². The molecule has 0 aliphatic heterocycles. The second-order valence-corrected chi connectivity index (χ2v) is 5.67. The van der Waals surface area contributed by atoms with Crippen LogP contribution >= 0.6 is 0 Å². The largest absolute Gasteiger partial charge is 0.426 e. The van der Waals surface area contributed by atoms with Crippen molar-refractivity contribution >= 4 is 5.97 Å². The molecular formula is C17H23N3O3. The van der Waals surface area contributed by atoms with Crippen molar-refractivity contribution in [3.05, 3.63) is 40.5 Å². The molecule has 0 aliphatic carbocycles. The summed E-state index contributed by atoms with van der Waals surface area (Å²) < 4.78 is 10.5. The Balaban J connectivity index is 2.09. The summed E-state index contributed by atoms with van der Waals surface area (Å²) in [5.74, 6) is 1.58. The van der Waals surface area contributed by atoms with Gasteiger partial charge in [0.05, 0.1) is 6.04 Å². The zero-order valence-corrected chi connectivity index (χ0v) is 14.3. The predicted molar refractivity (Wildman–Crippen MR) is 86.1 cm³/mol. The summed E-state index contributed by atoms with van der Waals surface area (Å²) >= 11 is 0. The van der Waals surface area contributed by atoms with Gasteiger partial charge in [-0.1, -0.05) is 24.2 Å². The summed E-state index contributed by atoms with van der Waals surface area (Å²) in [6, 6.07) is 4.05. The lowest BCUT2D eigenvalue weighted by Gasteiger charge is -2.15. The predicted octanol–water partition coefficient (Wildman–Crippen LogP) is 3.16. The number of nitrogens with one attached hydrogen (secondary N) is 1. The van der Waals surface area contributed by atoms with Crippen molar-refractivity contribution in [3.8, 4) is 5.75 Å². The van der Waals surface area contributed by atoms with E-state index in [1.165, 1.54) is 6.92 Å². The van der Waals surface area contributed by atoms with Gasteiger partial charge in [0.15, 0.2) is 5.82 Å². The van der Waals surface area contributed by atoms with Gasteiger partial charge in [-0.25, -0.2) is 0 Å². The first-order valence-electron chi connectivity index (χ1n) is 7.72. The Bertz CT molecular complexity index is 671. The van der Waals surface area contributed by atoms with Gasteiger partial charge in [0.25, 0.3) is 0 Å². The number of aromatic nitrogens is 2. The van der Waals surface area contributed by atoms with E-state index in [1.807, 2.05) is 26.0 Å². The van der Waals surface area contributed by atoms with Gasteiger partial charge >= 0.3 is 5.97 Å². The molecule has 0 amide bonds. The molecule has 0 radical (unpaired) electrons. The highest BCUT2D eigenvalue weighted by atomic mass is 16.5. The number of hydrogen-bond donors (Lipinski definition) is 1. The topological polar surface area (TPSA) is 77.2 Å². The number of benzene rings is 1. The van der Waals surface area contributed by atoms with E-state index < -0.39 is 0 Å². The number of nitrogens with zero attached hydrogens (tertiary/aromatic N) is 2. The Morgan fingerprint density at radius 2 is 1.96 bits per heavy atom. The molecule has 0 bridgehead atoms. The third-order valence-corrected chi connectivity index (χ3v) is 3.57. The van der Waals surface area contributed by atoms with Crippen LogP contribution in [0.15, 0.2) is 16.7 Å². The summed E-state index contributed by atoms with van der Waals surface area (Å²) in [5.41, 5.74) is 3.00. The lowest BCUT2D eigenvalue weighted by atomic mass is 10.1. The fraction of sp³-hybridized carbons (Fsp3) is 0.471.